The van der Waals surface area contributed by atoms with Crippen molar-refractivity contribution in [2.75, 3.05) is 26.2 Å². The molecule has 0 spiro atoms. The van der Waals surface area contributed by atoms with Crippen LogP contribution in [0.4, 0.5) is 0 Å². The van der Waals surface area contributed by atoms with Crippen LogP contribution < -0.4 is 10.6 Å². The summed E-state index contributed by atoms with van der Waals surface area (Å²) in [5.74, 6) is 1.19. The topological polar surface area (TPSA) is 78.5 Å². The fourth-order valence-electron chi connectivity index (χ4n) is 3.99. The van der Waals surface area contributed by atoms with Crippen molar-refractivity contribution in [2.45, 2.75) is 63.2 Å². The first-order valence-corrected chi connectivity index (χ1v) is 11.0. The summed E-state index contributed by atoms with van der Waals surface area (Å²) in [6.45, 7) is 5.40. The van der Waals surface area contributed by atoms with E-state index in [0.717, 1.165) is 51.6 Å². The maximum absolute atomic E-state index is 12.3. The van der Waals surface area contributed by atoms with Gasteiger partial charge in [-0.1, -0.05) is 6.92 Å². The second-order valence-electron chi connectivity index (χ2n) is 7.75. The lowest BCUT2D eigenvalue weighted by atomic mass is 9.84. The maximum Gasteiger partial charge on any atom is 0.220 e. The highest BCUT2D eigenvalue weighted by atomic mass is 32.2. The Morgan fingerprint density at radius 2 is 1.75 bits per heavy atom. The summed E-state index contributed by atoms with van der Waals surface area (Å²) in [4.78, 5) is 12.3. The molecule has 7 heteroatoms. The average molecular weight is 358 g/mol. The molecule has 1 unspecified atom stereocenters. The lowest BCUT2D eigenvalue weighted by molar-refractivity contribution is -0.123. The Morgan fingerprint density at radius 3 is 2.33 bits per heavy atom. The molecule has 0 radical (unpaired) electrons. The van der Waals surface area contributed by atoms with Gasteiger partial charge >= 0.3 is 0 Å². The van der Waals surface area contributed by atoms with Gasteiger partial charge in [0, 0.05) is 25.6 Å². The van der Waals surface area contributed by atoms with Crippen LogP contribution in [-0.2, 0) is 14.8 Å². The van der Waals surface area contributed by atoms with Crippen LogP contribution in [0.15, 0.2) is 0 Å². The minimum absolute atomic E-state index is 0.128. The van der Waals surface area contributed by atoms with Gasteiger partial charge < -0.3 is 10.6 Å². The molecule has 3 aliphatic rings. The molecule has 3 rings (SSSR count). The Kier molecular flexibility index (Phi) is 5.82. The van der Waals surface area contributed by atoms with Gasteiger partial charge in [0.1, 0.15) is 0 Å². The maximum atomic E-state index is 12.3. The molecular formula is C17H31N3O3S. The van der Waals surface area contributed by atoms with Crippen molar-refractivity contribution in [3.63, 3.8) is 0 Å². The van der Waals surface area contributed by atoms with Gasteiger partial charge in [-0.15, -0.1) is 0 Å². The minimum atomic E-state index is -3.06. The zero-order valence-corrected chi connectivity index (χ0v) is 15.5. The fraction of sp³-hybridized carbons (Fsp3) is 0.941. The molecule has 6 nitrogen and oxygen atoms in total. The SMILES string of the molecule is CC(CC(=O)NC1CCN(S(=O)(=O)C2CC2)CC1)C1CCNCC1. The molecule has 0 aromatic heterocycles. The summed E-state index contributed by atoms with van der Waals surface area (Å²) in [5.41, 5.74) is 0. The van der Waals surface area contributed by atoms with Crippen molar-refractivity contribution in [3.8, 4) is 0 Å². The number of hydrogen-bond donors (Lipinski definition) is 2. The molecule has 2 heterocycles. The molecule has 0 bridgehead atoms. The third-order valence-corrected chi connectivity index (χ3v) is 8.22. The number of rotatable bonds is 6. The molecule has 0 aromatic rings. The molecule has 138 valence electrons. The van der Waals surface area contributed by atoms with Crippen LogP contribution in [0.25, 0.3) is 0 Å². The van der Waals surface area contributed by atoms with Crippen molar-refractivity contribution >= 4 is 15.9 Å². The summed E-state index contributed by atoms with van der Waals surface area (Å²) in [7, 11) is -3.06. The quantitative estimate of drug-likeness (QED) is 0.746. The molecule has 2 saturated heterocycles. The molecule has 2 N–H and O–H groups in total. The van der Waals surface area contributed by atoms with Gasteiger partial charge in [-0.2, -0.15) is 0 Å². The first-order valence-electron chi connectivity index (χ1n) is 9.46. The largest absolute Gasteiger partial charge is 0.353 e. The molecule has 1 amide bonds. The molecular weight excluding hydrogens is 326 g/mol. The highest BCUT2D eigenvalue weighted by Crippen LogP contribution is 2.32. The van der Waals surface area contributed by atoms with E-state index in [-0.39, 0.29) is 17.2 Å². The lowest BCUT2D eigenvalue weighted by Gasteiger charge is -2.32. The van der Waals surface area contributed by atoms with Crippen molar-refractivity contribution < 1.29 is 13.2 Å². The van der Waals surface area contributed by atoms with Crippen LogP contribution in [-0.4, -0.2) is 56.1 Å². The Balaban J connectivity index is 1.40. The molecule has 1 aliphatic carbocycles. The summed E-state index contributed by atoms with van der Waals surface area (Å²) in [6, 6.07) is 0.128. The highest BCUT2D eigenvalue weighted by Gasteiger charge is 2.41. The number of sulfonamides is 1. The number of amides is 1. The van der Waals surface area contributed by atoms with Crippen LogP contribution in [0.3, 0.4) is 0 Å². The zero-order chi connectivity index (χ0) is 17.2. The van der Waals surface area contributed by atoms with Crippen molar-refractivity contribution in [1.29, 1.82) is 0 Å². The monoisotopic (exact) mass is 357 g/mol. The Bertz CT molecular complexity index is 533. The standard InChI is InChI=1S/C17H31N3O3S/c1-13(14-4-8-18-9-5-14)12-17(21)19-15-6-10-20(11-7-15)24(22,23)16-2-3-16/h13-16,18H,2-12H2,1H3,(H,19,21). The molecule has 2 aliphatic heterocycles. The average Bonchev–Trinajstić information content (AvgIpc) is 3.41. The number of nitrogens with one attached hydrogen (secondary N) is 2. The van der Waals surface area contributed by atoms with Gasteiger partial charge in [-0.3, -0.25) is 4.79 Å². The highest BCUT2D eigenvalue weighted by molar-refractivity contribution is 7.90. The second-order valence-corrected chi connectivity index (χ2v) is 9.97. The minimum Gasteiger partial charge on any atom is -0.353 e. The molecule has 1 atom stereocenters. The van der Waals surface area contributed by atoms with Gasteiger partial charge in [-0.25, -0.2) is 12.7 Å². The van der Waals surface area contributed by atoms with Crippen LogP contribution >= 0.6 is 0 Å². The molecule has 0 aromatic carbocycles. The smallest absolute Gasteiger partial charge is 0.220 e. The summed E-state index contributed by atoms with van der Waals surface area (Å²) in [5, 5.41) is 6.36. The number of piperidine rings is 2. The normalized spacial score (nSPS) is 26.2. The van der Waals surface area contributed by atoms with E-state index in [0.29, 0.717) is 31.3 Å². The molecule has 1 saturated carbocycles. The van der Waals surface area contributed by atoms with Gasteiger partial charge in [0.15, 0.2) is 0 Å². The summed E-state index contributed by atoms with van der Waals surface area (Å²) in [6.07, 6.45) is 6.00. The van der Waals surface area contributed by atoms with Crippen LogP contribution in [0, 0.1) is 11.8 Å². The van der Waals surface area contributed by atoms with E-state index in [1.165, 1.54) is 0 Å². The molecule has 3 fully saturated rings. The van der Waals surface area contributed by atoms with Crippen molar-refractivity contribution in [1.82, 2.24) is 14.9 Å². The van der Waals surface area contributed by atoms with Crippen LogP contribution in [0.1, 0.15) is 51.9 Å². The van der Waals surface area contributed by atoms with Gasteiger partial charge in [0.2, 0.25) is 15.9 Å². The van der Waals surface area contributed by atoms with Crippen LogP contribution in [0.2, 0.25) is 0 Å². The van der Waals surface area contributed by atoms with E-state index in [4.69, 9.17) is 0 Å². The van der Waals surface area contributed by atoms with E-state index < -0.39 is 10.0 Å². The van der Waals surface area contributed by atoms with E-state index >= 15 is 0 Å². The number of carbonyl (C=O) groups excluding carboxylic acids is 1. The van der Waals surface area contributed by atoms with Gasteiger partial charge in [0.25, 0.3) is 0 Å². The van der Waals surface area contributed by atoms with Gasteiger partial charge in [0.05, 0.1) is 5.25 Å². The Labute approximate surface area is 145 Å². The third-order valence-electron chi connectivity index (χ3n) is 5.82. The number of hydrogen-bond acceptors (Lipinski definition) is 4. The number of nitrogens with zero attached hydrogens (tertiary/aromatic N) is 1. The second kappa shape index (κ2) is 7.70. The molecule has 24 heavy (non-hydrogen) atoms. The zero-order valence-electron chi connectivity index (χ0n) is 14.7. The Hall–Kier alpha value is -0.660. The first kappa shape index (κ1) is 18.1. The van der Waals surface area contributed by atoms with Gasteiger partial charge in [-0.05, 0) is 63.5 Å². The fourth-order valence-corrected chi connectivity index (χ4v) is 5.86. The van der Waals surface area contributed by atoms with E-state index in [1.54, 1.807) is 4.31 Å². The lowest BCUT2D eigenvalue weighted by Crippen LogP contribution is -2.47. The van der Waals surface area contributed by atoms with Crippen molar-refractivity contribution in [2.24, 2.45) is 11.8 Å². The summed E-state index contributed by atoms with van der Waals surface area (Å²) < 4.78 is 26.1. The number of carbonyl (C=O) groups is 1. The third kappa shape index (κ3) is 4.49. The predicted molar refractivity (Wildman–Crippen MR) is 94.1 cm³/mol. The first-order chi connectivity index (χ1) is 11.5. The predicted octanol–water partition coefficient (Wildman–Crippen LogP) is 1.09. The van der Waals surface area contributed by atoms with Crippen molar-refractivity contribution in [3.05, 3.63) is 0 Å². The van der Waals surface area contributed by atoms with E-state index in [1.807, 2.05) is 0 Å². The summed E-state index contributed by atoms with van der Waals surface area (Å²) >= 11 is 0. The van der Waals surface area contributed by atoms with E-state index in [9.17, 15) is 13.2 Å². The Morgan fingerprint density at radius 1 is 1.12 bits per heavy atom. The van der Waals surface area contributed by atoms with Crippen LogP contribution in [0.5, 0.6) is 0 Å². The van der Waals surface area contributed by atoms with E-state index in [2.05, 4.69) is 17.6 Å².